The van der Waals surface area contributed by atoms with Gasteiger partial charge in [-0.05, 0) is 24.3 Å². The highest BCUT2D eigenvalue weighted by atomic mass is 32.1. The van der Waals surface area contributed by atoms with Crippen LogP contribution in [0.4, 0.5) is 0 Å². The van der Waals surface area contributed by atoms with E-state index in [4.69, 9.17) is 9.72 Å². The van der Waals surface area contributed by atoms with Crippen LogP contribution in [0.2, 0.25) is 0 Å². The van der Waals surface area contributed by atoms with Crippen LogP contribution in [-0.4, -0.2) is 63.8 Å². The molecule has 0 aliphatic carbocycles. The molecule has 2 aromatic heterocycles. The molecule has 1 aliphatic rings. The molecule has 0 radical (unpaired) electrons. The maximum absolute atomic E-state index is 13.1. The number of methoxy groups -OCH3 is 1. The van der Waals surface area contributed by atoms with Gasteiger partial charge in [-0.1, -0.05) is 30.3 Å². The number of aromatic nitrogens is 3. The van der Waals surface area contributed by atoms with Crippen molar-refractivity contribution in [2.45, 2.75) is 6.54 Å². The second kappa shape index (κ2) is 8.49. The Hall–Kier alpha value is -3.23. The fraction of sp³-hybridized carbons (Fsp3) is 0.261. The molecule has 2 aromatic carbocycles. The van der Waals surface area contributed by atoms with Gasteiger partial charge in [-0.3, -0.25) is 9.69 Å². The molecule has 1 amide bonds. The van der Waals surface area contributed by atoms with Crippen LogP contribution in [0.5, 0.6) is 5.75 Å². The second-order valence-electron chi connectivity index (χ2n) is 7.47. The van der Waals surface area contributed by atoms with Crippen LogP contribution >= 0.6 is 11.3 Å². The summed E-state index contributed by atoms with van der Waals surface area (Å²) in [6.45, 7) is 3.75. The zero-order valence-electron chi connectivity index (χ0n) is 17.3. The van der Waals surface area contributed by atoms with E-state index in [1.54, 1.807) is 29.3 Å². The number of ether oxygens (including phenoxy) is 1. The Kier molecular flexibility index (Phi) is 5.40. The van der Waals surface area contributed by atoms with E-state index in [-0.39, 0.29) is 5.91 Å². The minimum atomic E-state index is -0.0915. The molecule has 0 N–H and O–H groups in total. The van der Waals surface area contributed by atoms with Crippen molar-refractivity contribution in [3.8, 4) is 11.4 Å². The largest absolute Gasteiger partial charge is 0.493 e. The van der Waals surface area contributed by atoms with Gasteiger partial charge >= 0.3 is 0 Å². The second-order valence-corrected chi connectivity index (χ2v) is 8.59. The molecule has 5 rings (SSSR count). The van der Waals surface area contributed by atoms with E-state index in [0.29, 0.717) is 24.5 Å². The molecule has 0 saturated carbocycles. The van der Waals surface area contributed by atoms with E-state index in [1.165, 1.54) is 4.70 Å². The standard InChI is InChI=1S/C23H23N5O2S/c1-30-19-15-28(17-7-3-2-4-8-17)25-22(19)23(29)27-13-11-26(12-14-27)16-21-24-18-9-5-6-10-20(18)31-21/h2-10,15H,11-14,16H2,1H3. The van der Waals surface area contributed by atoms with Crippen molar-refractivity contribution in [1.82, 2.24) is 24.6 Å². The van der Waals surface area contributed by atoms with Crippen LogP contribution in [0.15, 0.2) is 60.8 Å². The Morgan fingerprint density at radius 2 is 1.77 bits per heavy atom. The quantitative estimate of drug-likeness (QED) is 0.482. The molecule has 0 atom stereocenters. The van der Waals surface area contributed by atoms with Crippen molar-refractivity contribution in [1.29, 1.82) is 0 Å². The van der Waals surface area contributed by atoms with Crippen LogP contribution in [0.25, 0.3) is 15.9 Å². The molecule has 7 nitrogen and oxygen atoms in total. The monoisotopic (exact) mass is 433 g/mol. The molecule has 0 bridgehead atoms. The molecule has 8 heteroatoms. The van der Waals surface area contributed by atoms with Crippen LogP contribution < -0.4 is 4.74 Å². The van der Waals surface area contributed by atoms with Gasteiger partial charge in [-0.25, -0.2) is 9.67 Å². The van der Waals surface area contributed by atoms with E-state index in [9.17, 15) is 4.79 Å². The SMILES string of the molecule is COc1cn(-c2ccccc2)nc1C(=O)N1CCN(Cc2nc3ccccc3s2)CC1. The van der Waals surface area contributed by atoms with Crippen molar-refractivity contribution < 1.29 is 9.53 Å². The van der Waals surface area contributed by atoms with Gasteiger partial charge in [0.05, 0.1) is 35.8 Å². The van der Waals surface area contributed by atoms with Crippen LogP contribution in [-0.2, 0) is 6.54 Å². The minimum Gasteiger partial charge on any atom is -0.493 e. The van der Waals surface area contributed by atoms with Crippen LogP contribution in [0.1, 0.15) is 15.5 Å². The molecule has 0 unspecified atom stereocenters. The van der Waals surface area contributed by atoms with Gasteiger partial charge in [-0.2, -0.15) is 5.10 Å². The molecule has 0 spiro atoms. The van der Waals surface area contributed by atoms with Crippen LogP contribution in [0.3, 0.4) is 0 Å². The number of para-hydroxylation sites is 2. The summed E-state index contributed by atoms with van der Waals surface area (Å²) in [6, 6.07) is 17.9. The summed E-state index contributed by atoms with van der Waals surface area (Å²) in [4.78, 5) is 22.1. The third-order valence-corrected chi connectivity index (χ3v) is 6.50. The zero-order valence-corrected chi connectivity index (χ0v) is 18.1. The molecular formula is C23H23N5O2S. The predicted octanol–water partition coefficient (Wildman–Crippen LogP) is 3.45. The molecule has 4 aromatic rings. The number of rotatable bonds is 5. The van der Waals surface area contributed by atoms with Gasteiger partial charge < -0.3 is 9.64 Å². The molecule has 1 aliphatic heterocycles. The molecule has 3 heterocycles. The zero-order chi connectivity index (χ0) is 21.2. The maximum Gasteiger partial charge on any atom is 0.278 e. The predicted molar refractivity (Wildman–Crippen MR) is 121 cm³/mol. The number of hydrogen-bond acceptors (Lipinski definition) is 6. The van der Waals surface area contributed by atoms with Gasteiger partial charge in [0.2, 0.25) is 0 Å². The van der Waals surface area contributed by atoms with Crippen molar-refractivity contribution in [2.24, 2.45) is 0 Å². The molecule has 1 saturated heterocycles. The lowest BCUT2D eigenvalue weighted by Crippen LogP contribution is -2.48. The Balaban J connectivity index is 1.25. The lowest BCUT2D eigenvalue weighted by atomic mass is 10.2. The number of amides is 1. The number of benzene rings is 2. The highest BCUT2D eigenvalue weighted by Gasteiger charge is 2.27. The summed E-state index contributed by atoms with van der Waals surface area (Å²) in [6.07, 6.45) is 1.76. The van der Waals surface area contributed by atoms with E-state index in [0.717, 1.165) is 35.8 Å². The molecular weight excluding hydrogens is 410 g/mol. The summed E-state index contributed by atoms with van der Waals surface area (Å²) < 4.78 is 8.35. The Morgan fingerprint density at radius 1 is 1.03 bits per heavy atom. The molecule has 1 fully saturated rings. The number of hydrogen-bond donors (Lipinski definition) is 0. The third kappa shape index (κ3) is 4.04. The average Bonchev–Trinajstić information content (AvgIpc) is 3.43. The number of carbonyl (C=O) groups is 1. The highest BCUT2D eigenvalue weighted by Crippen LogP contribution is 2.24. The first-order valence-electron chi connectivity index (χ1n) is 10.3. The fourth-order valence-corrected chi connectivity index (χ4v) is 4.82. The fourth-order valence-electron chi connectivity index (χ4n) is 3.81. The highest BCUT2D eigenvalue weighted by molar-refractivity contribution is 7.18. The van der Waals surface area contributed by atoms with E-state index < -0.39 is 0 Å². The number of fused-ring (bicyclic) bond motifs is 1. The van der Waals surface area contributed by atoms with Gasteiger partial charge in [0.15, 0.2) is 11.4 Å². The molecule has 31 heavy (non-hydrogen) atoms. The lowest BCUT2D eigenvalue weighted by molar-refractivity contribution is 0.0619. The lowest BCUT2D eigenvalue weighted by Gasteiger charge is -2.33. The maximum atomic E-state index is 13.1. The Bertz CT molecular complexity index is 1160. The minimum absolute atomic E-state index is 0.0915. The normalized spacial score (nSPS) is 14.8. The summed E-state index contributed by atoms with van der Waals surface area (Å²) in [5.41, 5.74) is 2.30. The molecule has 158 valence electrons. The first-order chi connectivity index (χ1) is 15.2. The third-order valence-electron chi connectivity index (χ3n) is 5.48. The van der Waals surface area contributed by atoms with Gasteiger partial charge in [0.1, 0.15) is 5.01 Å². The van der Waals surface area contributed by atoms with Gasteiger partial charge in [-0.15, -0.1) is 11.3 Å². The van der Waals surface area contributed by atoms with E-state index in [1.807, 2.05) is 53.4 Å². The first-order valence-corrected chi connectivity index (χ1v) is 11.1. The number of carbonyl (C=O) groups excluding carboxylic acids is 1. The van der Waals surface area contributed by atoms with E-state index >= 15 is 0 Å². The van der Waals surface area contributed by atoms with Crippen molar-refractivity contribution in [2.75, 3.05) is 33.3 Å². The topological polar surface area (TPSA) is 63.5 Å². The summed E-state index contributed by atoms with van der Waals surface area (Å²) in [5, 5.41) is 5.63. The average molecular weight is 434 g/mol. The van der Waals surface area contributed by atoms with Gasteiger partial charge in [0, 0.05) is 26.2 Å². The summed E-state index contributed by atoms with van der Waals surface area (Å²) in [5.74, 6) is 0.400. The summed E-state index contributed by atoms with van der Waals surface area (Å²) in [7, 11) is 1.57. The van der Waals surface area contributed by atoms with E-state index in [2.05, 4.69) is 16.1 Å². The number of thiazole rings is 1. The number of piperazine rings is 1. The van der Waals surface area contributed by atoms with Crippen molar-refractivity contribution >= 4 is 27.5 Å². The van der Waals surface area contributed by atoms with Crippen molar-refractivity contribution in [3.63, 3.8) is 0 Å². The first kappa shape index (κ1) is 19.7. The van der Waals surface area contributed by atoms with Gasteiger partial charge in [0.25, 0.3) is 5.91 Å². The van der Waals surface area contributed by atoms with Crippen molar-refractivity contribution in [3.05, 3.63) is 71.5 Å². The number of nitrogens with zero attached hydrogens (tertiary/aromatic N) is 5. The summed E-state index contributed by atoms with van der Waals surface area (Å²) >= 11 is 1.74. The smallest absolute Gasteiger partial charge is 0.278 e. The Morgan fingerprint density at radius 3 is 2.52 bits per heavy atom. The van der Waals surface area contributed by atoms with Crippen LogP contribution in [0, 0.1) is 0 Å². The Labute approximate surface area is 184 Å².